The summed E-state index contributed by atoms with van der Waals surface area (Å²) in [5, 5.41) is 3.03. The van der Waals surface area contributed by atoms with Crippen molar-refractivity contribution in [2.75, 3.05) is 6.54 Å². The van der Waals surface area contributed by atoms with Crippen LogP contribution in [-0.2, 0) is 9.53 Å². The van der Waals surface area contributed by atoms with E-state index >= 15 is 0 Å². The summed E-state index contributed by atoms with van der Waals surface area (Å²) in [6, 6.07) is 7.71. The molecule has 3 atom stereocenters. The summed E-state index contributed by atoms with van der Waals surface area (Å²) in [5.74, 6) is 0.702. The van der Waals surface area contributed by atoms with Crippen LogP contribution in [-0.4, -0.2) is 34.6 Å². The van der Waals surface area contributed by atoms with Gasteiger partial charge in [0.15, 0.2) is 0 Å². The number of hydrogen-bond acceptors (Lipinski definition) is 4. The van der Waals surface area contributed by atoms with Crippen LogP contribution in [0.5, 0.6) is 0 Å². The minimum absolute atomic E-state index is 0.00188. The Labute approximate surface area is 129 Å². The molecule has 0 bridgehead atoms. The van der Waals surface area contributed by atoms with Gasteiger partial charge < -0.3 is 20.8 Å². The van der Waals surface area contributed by atoms with Gasteiger partial charge >= 0.3 is 0 Å². The van der Waals surface area contributed by atoms with Crippen molar-refractivity contribution in [2.24, 2.45) is 5.73 Å². The summed E-state index contributed by atoms with van der Waals surface area (Å²) in [6.45, 7) is 2.49. The molecule has 6 nitrogen and oxygen atoms in total. The number of nitrogens with zero attached hydrogens (tertiary/aromatic N) is 1. The number of para-hydroxylation sites is 2. The van der Waals surface area contributed by atoms with Gasteiger partial charge in [0.05, 0.1) is 23.2 Å². The Bertz CT molecular complexity index is 621. The quantitative estimate of drug-likeness (QED) is 0.782. The predicted molar refractivity (Wildman–Crippen MR) is 84.2 cm³/mol. The number of amides is 1. The Morgan fingerprint density at radius 3 is 3.00 bits per heavy atom. The van der Waals surface area contributed by atoms with Gasteiger partial charge in [-0.3, -0.25) is 4.79 Å². The number of ether oxygens (including phenoxy) is 1. The molecule has 2 heterocycles. The molecule has 0 saturated carbocycles. The molecule has 0 spiro atoms. The molecule has 1 aliphatic heterocycles. The lowest BCUT2D eigenvalue weighted by Gasteiger charge is -2.18. The molecule has 0 aliphatic carbocycles. The highest BCUT2D eigenvalue weighted by molar-refractivity contribution is 5.81. The number of imidazole rings is 1. The van der Waals surface area contributed by atoms with Crippen molar-refractivity contribution < 1.29 is 9.53 Å². The largest absolute Gasteiger partial charge is 0.364 e. The summed E-state index contributed by atoms with van der Waals surface area (Å²) in [6.07, 6.45) is 1.94. The zero-order valence-corrected chi connectivity index (χ0v) is 12.7. The van der Waals surface area contributed by atoms with E-state index < -0.39 is 6.10 Å². The van der Waals surface area contributed by atoms with Gasteiger partial charge in [-0.1, -0.05) is 19.1 Å². The van der Waals surface area contributed by atoms with Crippen molar-refractivity contribution >= 4 is 16.9 Å². The molecule has 1 aromatic heterocycles. The van der Waals surface area contributed by atoms with Crippen molar-refractivity contribution in [1.82, 2.24) is 15.3 Å². The first kappa shape index (κ1) is 15.0. The maximum atomic E-state index is 12.3. The minimum Gasteiger partial charge on any atom is -0.364 e. The molecular formula is C16H22N4O2. The van der Waals surface area contributed by atoms with Crippen molar-refractivity contribution in [1.29, 1.82) is 0 Å². The van der Waals surface area contributed by atoms with Crippen LogP contribution in [0.15, 0.2) is 24.3 Å². The Hall–Kier alpha value is -1.92. The molecule has 1 amide bonds. The molecular weight excluding hydrogens is 280 g/mol. The third-order valence-electron chi connectivity index (χ3n) is 4.13. The first-order chi connectivity index (χ1) is 10.7. The average molecular weight is 302 g/mol. The van der Waals surface area contributed by atoms with E-state index in [0.717, 1.165) is 36.1 Å². The third-order valence-corrected chi connectivity index (χ3v) is 4.13. The van der Waals surface area contributed by atoms with Crippen molar-refractivity contribution in [3.63, 3.8) is 0 Å². The van der Waals surface area contributed by atoms with Crippen LogP contribution in [0.25, 0.3) is 11.0 Å². The number of carbonyl (C=O) groups is 1. The SMILES string of the molecule is CCC(NC(=O)[C@@H]1CC[C@H](CN)O1)c1nc2ccccc2[nH]1. The van der Waals surface area contributed by atoms with Crippen molar-refractivity contribution in [3.8, 4) is 0 Å². The first-order valence-corrected chi connectivity index (χ1v) is 7.81. The fourth-order valence-corrected chi connectivity index (χ4v) is 2.84. The lowest BCUT2D eigenvalue weighted by Crippen LogP contribution is -2.38. The molecule has 1 unspecified atom stereocenters. The molecule has 0 radical (unpaired) electrons. The topological polar surface area (TPSA) is 93.0 Å². The van der Waals surface area contributed by atoms with E-state index in [1.165, 1.54) is 0 Å². The van der Waals surface area contributed by atoms with Gasteiger partial charge in [-0.25, -0.2) is 4.98 Å². The van der Waals surface area contributed by atoms with Crippen LogP contribution in [0.1, 0.15) is 38.1 Å². The molecule has 22 heavy (non-hydrogen) atoms. The number of hydrogen-bond donors (Lipinski definition) is 3. The molecule has 6 heteroatoms. The van der Waals surface area contributed by atoms with Crippen LogP contribution < -0.4 is 11.1 Å². The van der Waals surface area contributed by atoms with E-state index in [0.29, 0.717) is 6.54 Å². The maximum Gasteiger partial charge on any atom is 0.249 e. The highest BCUT2D eigenvalue weighted by atomic mass is 16.5. The second-order valence-corrected chi connectivity index (χ2v) is 5.67. The van der Waals surface area contributed by atoms with Crippen molar-refractivity contribution in [3.05, 3.63) is 30.1 Å². The number of aromatic nitrogens is 2. The summed E-state index contributed by atoms with van der Waals surface area (Å²) in [4.78, 5) is 20.2. The third kappa shape index (κ3) is 2.98. The molecule has 2 aromatic rings. The molecule has 1 aliphatic rings. The Kier molecular flexibility index (Phi) is 4.40. The van der Waals surface area contributed by atoms with Gasteiger partial charge in [0.1, 0.15) is 11.9 Å². The van der Waals surface area contributed by atoms with Gasteiger partial charge in [-0.05, 0) is 31.4 Å². The summed E-state index contributed by atoms with van der Waals surface area (Å²) < 4.78 is 5.64. The predicted octanol–water partition coefficient (Wildman–Crippen LogP) is 1.64. The number of carbonyl (C=O) groups excluding carboxylic acids is 1. The lowest BCUT2D eigenvalue weighted by atomic mass is 10.1. The van der Waals surface area contributed by atoms with E-state index in [-0.39, 0.29) is 18.1 Å². The summed E-state index contributed by atoms with van der Waals surface area (Å²) >= 11 is 0. The number of aromatic amines is 1. The normalized spacial score (nSPS) is 22.8. The van der Waals surface area contributed by atoms with E-state index in [4.69, 9.17) is 10.5 Å². The summed E-state index contributed by atoms with van der Waals surface area (Å²) in [7, 11) is 0. The number of benzene rings is 1. The van der Waals surface area contributed by atoms with Crippen LogP contribution in [0.3, 0.4) is 0 Å². The van der Waals surface area contributed by atoms with E-state index in [9.17, 15) is 4.79 Å². The Balaban J connectivity index is 1.70. The smallest absolute Gasteiger partial charge is 0.249 e. The van der Waals surface area contributed by atoms with E-state index in [1.807, 2.05) is 31.2 Å². The zero-order valence-electron chi connectivity index (χ0n) is 12.7. The van der Waals surface area contributed by atoms with E-state index in [1.54, 1.807) is 0 Å². The van der Waals surface area contributed by atoms with Gasteiger partial charge in [0.2, 0.25) is 5.91 Å². The highest BCUT2D eigenvalue weighted by Gasteiger charge is 2.31. The Morgan fingerprint density at radius 2 is 2.32 bits per heavy atom. The van der Waals surface area contributed by atoms with Gasteiger partial charge in [-0.2, -0.15) is 0 Å². The molecule has 3 rings (SSSR count). The van der Waals surface area contributed by atoms with E-state index in [2.05, 4.69) is 15.3 Å². The number of nitrogens with two attached hydrogens (primary N) is 1. The molecule has 4 N–H and O–H groups in total. The molecule has 1 saturated heterocycles. The van der Waals surface area contributed by atoms with Gasteiger partial charge in [-0.15, -0.1) is 0 Å². The first-order valence-electron chi connectivity index (χ1n) is 7.81. The zero-order chi connectivity index (χ0) is 15.5. The molecule has 1 aromatic carbocycles. The Morgan fingerprint density at radius 1 is 1.50 bits per heavy atom. The van der Waals surface area contributed by atoms with Crippen LogP contribution >= 0.6 is 0 Å². The number of fused-ring (bicyclic) bond motifs is 1. The minimum atomic E-state index is -0.396. The second-order valence-electron chi connectivity index (χ2n) is 5.67. The fraction of sp³-hybridized carbons (Fsp3) is 0.500. The fourth-order valence-electron chi connectivity index (χ4n) is 2.84. The molecule has 1 fully saturated rings. The van der Waals surface area contributed by atoms with Crippen LogP contribution in [0.2, 0.25) is 0 Å². The van der Waals surface area contributed by atoms with Crippen LogP contribution in [0, 0.1) is 0 Å². The number of rotatable bonds is 5. The molecule has 118 valence electrons. The highest BCUT2D eigenvalue weighted by Crippen LogP contribution is 2.22. The lowest BCUT2D eigenvalue weighted by molar-refractivity contribution is -0.132. The standard InChI is InChI=1S/C16H22N4O2/c1-2-11(15-18-12-5-3-4-6-13(12)19-15)20-16(21)14-8-7-10(9-17)22-14/h3-6,10-11,14H,2,7-9,17H2,1H3,(H,18,19)(H,20,21)/t10-,11?,14+/m1/s1. The van der Waals surface area contributed by atoms with Gasteiger partial charge in [0.25, 0.3) is 0 Å². The maximum absolute atomic E-state index is 12.3. The monoisotopic (exact) mass is 302 g/mol. The average Bonchev–Trinajstić information content (AvgIpc) is 3.18. The van der Waals surface area contributed by atoms with Crippen LogP contribution in [0.4, 0.5) is 0 Å². The van der Waals surface area contributed by atoms with Gasteiger partial charge in [0, 0.05) is 6.54 Å². The number of H-pyrrole nitrogens is 1. The summed E-state index contributed by atoms with van der Waals surface area (Å²) in [5.41, 5.74) is 7.47. The number of nitrogens with one attached hydrogen (secondary N) is 2. The second kappa shape index (κ2) is 6.46. The van der Waals surface area contributed by atoms with Crippen molar-refractivity contribution in [2.45, 2.75) is 44.4 Å².